The van der Waals surface area contributed by atoms with Crippen LogP contribution in [0, 0.1) is 0 Å². The van der Waals surface area contributed by atoms with Crippen LogP contribution in [0.5, 0.6) is 5.75 Å². The van der Waals surface area contributed by atoms with E-state index in [1.54, 1.807) is 25.2 Å². The van der Waals surface area contributed by atoms with Gasteiger partial charge in [-0.25, -0.2) is 8.42 Å². The molecule has 2 atom stereocenters. The highest BCUT2D eigenvalue weighted by Gasteiger charge is 2.41. The maximum Gasteiger partial charge on any atom is 0.246 e. The van der Waals surface area contributed by atoms with Gasteiger partial charge in [0.05, 0.1) is 6.04 Å². The SMILES string of the molecule is CN1[C@H]2CCN(Cc3ccc(Cl)cc3)CC[C@@H]2Oc2ccccc2S1(=O)=O. The minimum atomic E-state index is -3.55. The number of likely N-dealkylation sites (tertiary alicyclic amines) is 1. The third-order valence-corrected chi connectivity index (χ3v) is 7.65. The normalized spacial score (nSPS) is 25.6. The standard InChI is InChI=1S/C20H23ClN2O3S/c1-22-17-10-12-23(14-15-6-8-16(21)9-7-15)13-11-18(17)26-19-4-2-3-5-20(19)27(22,24)25/h2-9,17-18H,10-14H2,1H3/t17-,18-/m0/s1. The molecule has 0 aromatic heterocycles. The largest absolute Gasteiger partial charge is 0.487 e. The lowest BCUT2D eigenvalue weighted by atomic mass is 10.1. The van der Waals surface area contributed by atoms with Crippen LogP contribution in [0.3, 0.4) is 0 Å². The van der Waals surface area contributed by atoms with Crippen molar-refractivity contribution in [2.45, 2.75) is 36.4 Å². The summed E-state index contributed by atoms with van der Waals surface area (Å²) in [5, 5.41) is 0.732. The Bertz CT molecular complexity index is 917. The number of para-hydroxylation sites is 1. The number of halogens is 1. The topological polar surface area (TPSA) is 49.9 Å². The van der Waals surface area contributed by atoms with Crippen molar-refractivity contribution in [3.63, 3.8) is 0 Å². The fourth-order valence-corrected chi connectivity index (χ4v) is 5.59. The van der Waals surface area contributed by atoms with E-state index < -0.39 is 10.0 Å². The molecule has 4 rings (SSSR count). The number of hydrogen-bond acceptors (Lipinski definition) is 4. The zero-order chi connectivity index (χ0) is 19.0. The highest BCUT2D eigenvalue weighted by molar-refractivity contribution is 7.89. The first-order valence-electron chi connectivity index (χ1n) is 9.16. The summed E-state index contributed by atoms with van der Waals surface area (Å²) in [4.78, 5) is 2.62. The fraction of sp³-hybridized carbons (Fsp3) is 0.400. The lowest BCUT2D eigenvalue weighted by molar-refractivity contribution is 0.122. The molecule has 5 nitrogen and oxygen atoms in total. The van der Waals surface area contributed by atoms with Gasteiger partial charge in [-0.2, -0.15) is 4.31 Å². The Morgan fingerprint density at radius 1 is 1.07 bits per heavy atom. The number of ether oxygens (including phenoxy) is 1. The van der Waals surface area contributed by atoms with Gasteiger partial charge in [-0.05, 0) is 42.7 Å². The molecule has 0 radical (unpaired) electrons. The van der Waals surface area contributed by atoms with Crippen molar-refractivity contribution in [3.8, 4) is 5.75 Å². The number of sulfonamides is 1. The molecule has 27 heavy (non-hydrogen) atoms. The molecule has 2 aromatic carbocycles. The average molecular weight is 407 g/mol. The molecule has 1 fully saturated rings. The Kier molecular flexibility index (Phi) is 5.16. The van der Waals surface area contributed by atoms with E-state index in [0.29, 0.717) is 5.75 Å². The first-order chi connectivity index (χ1) is 12.9. The number of hydrogen-bond donors (Lipinski definition) is 0. The maximum atomic E-state index is 13.0. The number of likely N-dealkylation sites (N-methyl/N-ethyl adjacent to an activating group) is 1. The van der Waals surface area contributed by atoms with E-state index in [-0.39, 0.29) is 17.0 Å². The summed E-state index contributed by atoms with van der Waals surface area (Å²) in [5.41, 5.74) is 1.20. The van der Waals surface area contributed by atoms with Gasteiger partial charge in [0.1, 0.15) is 16.7 Å². The predicted octanol–water partition coefficient (Wildman–Crippen LogP) is 3.39. The van der Waals surface area contributed by atoms with Crippen molar-refractivity contribution in [2.75, 3.05) is 20.1 Å². The molecule has 7 heteroatoms. The summed E-state index contributed by atoms with van der Waals surface area (Å²) < 4.78 is 33.7. The van der Waals surface area contributed by atoms with E-state index in [1.165, 1.54) is 9.87 Å². The summed E-state index contributed by atoms with van der Waals surface area (Å²) in [7, 11) is -1.88. The van der Waals surface area contributed by atoms with Crippen molar-refractivity contribution in [3.05, 3.63) is 59.1 Å². The third-order valence-electron chi connectivity index (χ3n) is 5.47. The molecule has 0 amide bonds. The zero-order valence-electron chi connectivity index (χ0n) is 15.2. The number of nitrogens with zero attached hydrogens (tertiary/aromatic N) is 2. The van der Waals surface area contributed by atoms with Crippen molar-refractivity contribution >= 4 is 21.6 Å². The molecule has 2 aliphatic rings. The molecule has 0 aliphatic carbocycles. The summed E-state index contributed by atoms with van der Waals surface area (Å²) in [6, 6.07) is 14.6. The Morgan fingerprint density at radius 2 is 1.78 bits per heavy atom. The molecule has 2 aromatic rings. The van der Waals surface area contributed by atoms with E-state index in [9.17, 15) is 8.42 Å². The van der Waals surface area contributed by atoms with E-state index in [4.69, 9.17) is 16.3 Å². The zero-order valence-corrected chi connectivity index (χ0v) is 16.8. The Labute approximate surface area is 165 Å². The van der Waals surface area contributed by atoms with Gasteiger partial charge in [-0.3, -0.25) is 4.90 Å². The summed E-state index contributed by atoms with van der Waals surface area (Å²) in [6.07, 6.45) is 1.37. The number of benzene rings is 2. The predicted molar refractivity (Wildman–Crippen MR) is 106 cm³/mol. The van der Waals surface area contributed by atoms with Crippen LogP contribution in [0.25, 0.3) is 0 Å². The first-order valence-corrected chi connectivity index (χ1v) is 11.0. The number of fused-ring (bicyclic) bond motifs is 2. The molecular formula is C20H23ClN2O3S. The monoisotopic (exact) mass is 406 g/mol. The van der Waals surface area contributed by atoms with Crippen molar-refractivity contribution in [1.82, 2.24) is 9.21 Å². The van der Waals surface area contributed by atoms with Crippen molar-refractivity contribution in [1.29, 1.82) is 0 Å². The van der Waals surface area contributed by atoms with Crippen LogP contribution in [0.1, 0.15) is 18.4 Å². The van der Waals surface area contributed by atoms with Crippen LogP contribution in [-0.2, 0) is 16.6 Å². The van der Waals surface area contributed by atoms with E-state index in [0.717, 1.165) is 37.5 Å². The first kappa shape index (κ1) is 18.7. The van der Waals surface area contributed by atoms with Crippen LogP contribution in [0.15, 0.2) is 53.4 Å². The van der Waals surface area contributed by atoms with Crippen LogP contribution in [0.4, 0.5) is 0 Å². The molecule has 0 N–H and O–H groups in total. The second-order valence-corrected chi connectivity index (χ2v) is 9.57. The van der Waals surface area contributed by atoms with Gasteiger partial charge in [0.2, 0.25) is 10.0 Å². The molecule has 0 bridgehead atoms. The van der Waals surface area contributed by atoms with Crippen LogP contribution in [-0.4, -0.2) is 49.9 Å². The molecule has 2 heterocycles. The second kappa shape index (κ2) is 7.43. The van der Waals surface area contributed by atoms with E-state index in [2.05, 4.69) is 4.90 Å². The lowest BCUT2D eigenvalue weighted by Gasteiger charge is -2.28. The second-order valence-electron chi connectivity index (χ2n) is 7.17. The highest BCUT2D eigenvalue weighted by atomic mass is 35.5. The molecule has 144 valence electrons. The lowest BCUT2D eigenvalue weighted by Crippen LogP contribution is -2.44. The van der Waals surface area contributed by atoms with Gasteiger partial charge in [-0.1, -0.05) is 35.9 Å². The highest BCUT2D eigenvalue weighted by Crippen LogP contribution is 2.35. The fourth-order valence-electron chi connectivity index (χ4n) is 3.93. The minimum absolute atomic E-state index is 0.149. The molecule has 0 unspecified atom stereocenters. The number of rotatable bonds is 2. The summed E-state index contributed by atoms with van der Waals surface area (Å²) in [6.45, 7) is 2.51. The maximum absolute atomic E-state index is 13.0. The van der Waals surface area contributed by atoms with Gasteiger partial charge in [0, 0.05) is 31.7 Å². The Morgan fingerprint density at radius 3 is 2.56 bits per heavy atom. The van der Waals surface area contributed by atoms with Gasteiger partial charge < -0.3 is 4.74 Å². The summed E-state index contributed by atoms with van der Waals surface area (Å²) >= 11 is 5.97. The van der Waals surface area contributed by atoms with Crippen LogP contribution >= 0.6 is 11.6 Å². The minimum Gasteiger partial charge on any atom is -0.487 e. The molecule has 0 saturated carbocycles. The third kappa shape index (κ3) is 3.72. The molecule has 2 aliphatic heterocycles. The van der Waals surface area contributed by atoms with Crippen LogP contribution in [0.2, 0.25) is 5.02 Å². The molecular weight excluding hydrogens is 384 g/mol. The average Bonchev–Trinajstić information content (AvgIpc) is 2.89. The van der Waals surface area contributed by atoms with E-state index in [1.807, 2.05) is 30.3 Å². The van der Waals surface area contributed by atoms with Gasteiger partial charge in [0.25, 0.3) is 0 Å². The quantitative estimate of drug-likeness (QED) is 0.767. The molecule has 1 saturated heterocycles. The summed E-state index contributed by atoms with van der Waals surface area (Å²) in [5.74, 6) is 0.461. The van der Waals surface area contributed by atoms with Crippen molar-refractivity contribution < 1.29 is 13.2 Å². The molecule has 0 spiro atoms. The smallest absolute Gasteiger partial charge is 0.246 e. The van der Waals surface area contributed by atoms with E-state index >= 15 is 0 Å². The van der Waals surface area contributed by atoms with Gasteiger partial charge in [0.15, 0.2) is 0 Å². The van der Waals surface area contributed by atoms with Crippen molar-refractivity contribution in [2.24, 2.45) is 0 Å². The van der Waals surface area contributed by atoms with Crippen LogP contribution < -0.4 is 4.74 Å². The Balaban J connectivity index is 1.56. The Hall–Kier alpha value is -1.60. The van der Waals surface area contributed by atoms with Gasteiger partial charge >= 0.3 is 0 Å². The van der Waals surface area contributed by atoms with Gasteiger partial charge in [-0.15, -0.1) is 0 Å².